The van der Waals surface area contributed by atoms with Crippen molar-refractivity contribution in [2.75, 3.05) is 20.2 Å². The maximum atomic E-state index is 14.2. The van der Waals surface area contributed by atoms with Gasteiger partial charge in [-0.05, 0) is 49.9 Å². The van der Waals surface area contributed by atoms with E-state index in [1.807, 2.05) is 32.2 Å². The van der Waals surface area contributed by atoms with Gasteiger partial charge in [0.1, 0.15) is 5.54 Å². The minimum atomic E-state index is -0.452. The Labute approximate surface area is 158 Å². The third kappa shape index (κ3) is 3.08. The summed E-state index contributed by atoms with van der Waals surface area (Å²) in [5, 5.41) is 3.53. The maximum absolute atomic E-state index is 14.2. The molecular formula is C21H24FN3O2. The molecule has 0 unspecified atom stereocenters. The van der Waals surface area contributed by atoms with E-state index in [9.17, 15) is 9.18 Å². The number of carbonyl (C=O) groups excluding carboxylic acids is 1. The van der Waals surface area contributed by atoms with Crippen LogP contribution in [-0.2, 0) is 4.79 Å². The Morgan fingerprint density at radius 1 is 1.37 bits per heavy atom. The summed E-state index contributed by atoms with van der Waals surface area (Å²) < 4.78 is 19.7. The third-order valence-electron chi connectivity index (χ3n) is 5.65. The van der Waals surface area contributed by atoms with Crippen LogP contribution in [0.5, 0.6) is 5.75 Å². The van der Waals surface area contributed by atoms with Gasteiger partial charge in [-0.15, -0.1) is 0 Å². The third-order valence-corrected chi connectivity index (χ3v) is 5.65. The molecular weight excluding hydrogens is 345 g/mol. The zero-order valence-corrected chi connectivity index (χ0v) is 15.7. The van der Waals surface area contributed by atoms with Gasteiger partial charge >= 0.3 is 0 Å². The molecule has 0 radical (unpaired) electrons. The van der Waals surface area contributed by atoms with Crippen molar-refractivity contribution in [1.29, 1.82) is 0 Å². The maximum Gasteiger partial charge on any atom is 0.242 e. The lowest BCUT2D eigenvalue weighted by atomic mass is 9.96. The van der Waals surface area contributed by atoms with E-state index in [0.717, 1.165) is 37.1 Å². The Morgan fingerprint density at radius 3 is 2.96 bits per heavy atom. The van der Waals surface area contributed by atoms with E-state index in [4.69, 9.17) is 4.74 Å². The highest BCUT2D eigenvalue weighted by molar-refractivity contribution is 5.88. The van der Waals surface area contributed by atoms with Crippen LogP contribution in [0.3, 0.4) is 0 Å². The van der Waals surface area contributed by atoms with Gasteiger partial charge in [0, 0.05) is 25.4 Å². The van der Waals surface area contributed by atoms with Gasteiger partial charge in [-0.1, -0.05) is 12.1 Å². The molecule has 2 aromatic rings. The van der Waals surface area contributed by atoms with Crippen LogP contribution in [0.2, 0.25) is 0 Å². The number of benzene rings is 1. The minimum Gasteiger partial charge on any atom is -0.490 e. The average Bonchev–Trinajstić information content (AvgIpc) is 3.24. The van der Waals surface area contributed by atoms with Crippen LogP contribution in [0.4, 0.5) is 4.39 Å². The summed E-state index contributed by atoms with van der Waals surface area (Å²) in [6.45, 7) is 3.02. The van der Waals surface area contributed by atoms with Crippen molar-refractivity contribution in [3.8, 4) is 16.9 Å². The van der Waals surface area contributed by atoms with E-state index < -0.39 is 5.54 Å². The smallest absolute Gasteiger partial charge is 0.242 e. The number of carbonyl (C=O) groups is 1. The molecule has 0 saturated carbocycles. The topological polar surface area (TPSA) is 54.5 Å². The average molecular weight is 369 g/mol. The molecule has 1 N–H and O–H groups in total. The summed E-state index contributed by atoms with van der Waals surface area (Å²) in [6.07, 6.45) is 4.24. The zero-order valence-electron chi connectivity index (χ0n) is 15.7. The highest BCUT2D eigenvalue weighted by Crippen LogP contribution is 2.40. The molecule has 6 heteroatoms. The van der Waals surface area contributed by atoms with E-state index in [-0.39, 0.29) is 23.5 Å². The fourth-order valence-corrected chi connectivity index (χ4v) is 4.22. The van der Waals surface area contributed by atoms with Crippen LogP contribution >= 0.6 is 0 Å². The van der Waals surface area contributed by atoms with Crippen molar-refractivity contribution in [2.24, 2.45) is 0 Å². The van der Waals surface area contributed by atoms with Crippen molar-refractivity contribution < 1.29 is 13.9 Å². The first kappa shape index (κ1) is 17.9. The molecule has 2 fully saturated rings. The monoisotopic (exact) mass is 369 g/mol. The Bertz CT molecular complexity index is 872. The Kier molecular flexibility index (Phi) is 4.60. The summed E-state index contributed by atoms with van der Waals surface area (Å²) in [5.74, 6) is 0.0655. The number of nitrogens with one attached hydrogen (secondary N) is 1. The van der Waals surface area contributed by atoms with E-state index in [1.165, 1.54) is 6.07 Å². The molecule has 2 aliphatic heterocycles. The highest BCUT2D eigenvalue weighted by atomic mass is 19.1. The number of halogens is 1. The van der Waals surface area contributed by atoms with Gasteiger partial charge in [-0.25, -0.2) is 4.39 Å². The lowest BCUT2D eigenvalue weighted by molar-refractivity contribution is -0.131. The molecule has 1 amide bonds. The van der Waals surface area contributed by atoms with Crippen LogP contribution in [-0.4, -0.2) is 41.5 Å². The fourth-order valence-electron chi connectivity index (χ4n) is 4.22. The van der Waals surface area contributed by atoms with Gasteiger partial charge < -0.3 is 9.64 Å². The van der Waals surface area contributed by atoms with Crippen molar-refractivity contribution >= 4 is 5.91 Å². The number of likely N-dealkylation sites (tertiary alicyclic amines) is 1. The molecule has 0 bridgehead atoms. The van der Waals surface area contributed by atoms with Gasteiger partial charge in [0.05, 0.1) is 18.3 Å². The minimum absolute atomic E-state index is 0.0181. The number of ether oxygens (including phenoxy) is 1. The molecule has 27 heavy (non-hydrogen) atoms. The molecule has 3 heterocycles. The lowest BCUT2D eigenvalue weighted by Crippen LogP contribution is -2.47. The first-order valence-corrected chi connectivity index (χ1v) is 9.45. The first-order valence-electron chi connectivity index (χ1n) is 9.45. The van der Waals surface area contributed by atoms with E-state index in [1.54, 1.807) is 17.2 Å². The molecule has 142 valence electrons. The van der Waals surface area contributed by atoms with Crippen LogP contribution < -0.4 is 10.1 Å². The molecule has 2 saturated heterocycles. The zero-order chi connectivity index (χ0) is 19.0. The van der Waals surface area contributed by atoms with Gasteiger partial charge in [-0.2, -0.15) is 0 Å². The number of hydrogen-bond acceptors (Lipinski definition) is 4. The van der Waals surface area contributed by atoms with E-state index in [0.29, 0.717) is 12.2 Å². The van der Waals surface area contributed by atoms with E-state index in [2.05, 4.69) is 10.3 Å². The molecule has 1 spiro atoms. The molecule has 5 nitrogen and oxygen atoms in total. The molecule has 0 aliphatic carbocycles. The quantitative estimate of drug-likeness (QED) is 0.898. The second-order valence-electron chi connectivity index (χ2n) is 7.31. The van der Waals surface area contributed by atoms with Gasteiger partial charge in [-0.3, -0.25) is 15.1 Å². The predicted octanol–water partition coefficient (Wildman–Crippen LogP) is 3.31. The number of aromatic nitrogens is 1. The Balaban J connectivity index is 1.63. The van der Waals surface area contributed by atoms with E-state index >= 15 is 0 Å². The summed E-state index contributed by atoms with van der Waals surface area (Å²) in [4.78, 5) is 18.8. The molecule has 1 aromatic heterocycles. The van der Waals surface area contributed by atoms with Crippen LogP contribution in [0.1, 0.15) is 37.9 Å². The summed E-state index contributed by atoms with van der Waals surface area (Å²) >= 11 is 0. The van der Waals surface area contributed by atoms with Crippen molar-refractivity contribution in [2.45, 2.75) is 37.8 Å². The van der Waals surface area contributed by atoms with Crippen molar-refractivity contribution in [3.63, 3.8) is 0 Å². The number of amides is 1. The number of pyridine rings is 1. The number of nitrogens with zero attached hydrogens (tertiary/aromatic N) is 2. The van der Waals surface area contributed by atoms with Gasteiger partial charge in [0.25, 0.3) is 0 Å². The van der Waals surface area contributed by atoms with Gasteiger partial charge in [0.15, 0.2) is 11.6 Å². The summed E-state index contributed by atoms with van der Waals surface area (Å²) in [5.41, 5.74) is 2.00. The second-order valence-corrected chi connectivity index (χ2v) is 7.31. The molecule has 1 aromatic carbocycles. The van der Waals surface area contributed by atoms with Crippen LogP contribution in [0.15, 0.2) is 36.5 Å². The largest absolute Gasteiger partial charge is 0.490 e. The number of likely N-dealkylation sites (N-methyl/N-ethyl adjacent to an activating group) is 1. The fraction of sp³-hybridized carbons (Fsp3) is 0.429. The SMILES string of the molecule is CCOc1c(F)cccc1-c1ccnc([C@H]2CC[C@@]3(CCN(C)C3=O)N2)c1. The summed E-state index contributed by atoms with van der Waals surface area (Å²) in [6, 6.07) is 8.79. The summed E-state index contributed by atoms with van der Waals surface area (Å²) in [7, 11) is 1.85. The first-order chi connectivity index (χ1) is 13.0. The Morgan fingerprint density at radius 2 is 2.22 bits per heavy atom. The van der Waals surface area contributed by atoms with Crippen molar-refractivity contribution in [3.05, 3.63) is 48.0 Å². The standard InChI is InChI=1S/C21H24FN3O2/c1-3-27-19-15(5-4-6-16(19)22)14-8-11-23-18(13-14)17-7-9-21(24-17)10-12-25(2)20(21)26/h4-6,8,11,13,17,24H,3,7,9-10,12H2,1-2H3/t17-,21+/m1/s1. The van der Waals surface area contributed by atoms with Crippen LogP contribution in [0, 0.1) is 5.82 Å². The lowest BCUT2D eigenvalue weighted by Gasteiger charge is -2.23. The predicted molar refractivity (Wildman–Crippen MR) is 101 cm³/mol. The molecule has 2 aliphatic rings. The number of rotatable bonds is 4. The molecule has 2 atom stereocenters. The normalized spacial score (nSPS) is 24.8. The van der Waals surface area contributed by atoms with Crippen molar-refractivity contribution in [1.82, 2.24) is 15.2 Å². The highest BCUT2D eigenvalue weighted by Gasteiger charge is 2.50. The number of para-hydroxylation sites is 1. The molecule has 4 rings (SSSR count). The van der Waals surface area contributed by atoms with Crippen LogP contribution in [0.25, 0.3) is 11.1 Å². The number of hydrogen-bond donors (Lipinski definition) is 1. The Hall–Kier alpha value is -2.47. The van der Waals surface area contributed by atoms with Gasteiger partial charge in [0.2, 0.25) is 5.91 Å². The second kappa shape index (κ2) is 6.93.